The summed E-state index contributed by atoms with van der Waals surface area (Å²) < 4.78 is 0. The van der Waals surface area contributed by atoms with Crippen LogP contribution in [0.4, 0.5) is 0 Å². The standard InChI is InChI=1S/C14H24N2/c15-16-11(6-3-8-1-2-8)14-12-9-4-5-10(7-9)13(12)14/h8-14,16H,1-7,15H2. The highest BCUT2D eigenvalue weighted by molar-refractivity contribution is 5.15. The van der Waals surface area contributed by atoms with Gasteiger partial charge < -0.3 is 0 Å². The summed E-state index contributed by atoms with van der Waals surface area (Å²) in [4.78, 5) is 0. The molecule has 5 atom stereocenters. The van der Waals surface area contributed by atoms with Crippen LogP contribution in [0.2, 0.25) is 0 Å². The molecule has 0 aromatic rings. The number of hydrazine groups is 1. The van der Waals surface area contributed by atoms with Crippen LogP contribution in [0.3, 0.4) is 0 Å². The minimum absolute atomic E-state index is 0.652. The molecule has 0 saturated heterocycles. The van der Waals surface area contributed by atoms with Crippen LogP contribution in [-0.4, -0.2) is 6.04 Å². The SMILES string of the molecule is NNC(CCC1CC1)C1C2C3CCC(C3)C21. The highest BCUT2D eigenvalue weighted by atomic mass is 15.2. The van der Waals surface area contributed by atoms with E-state index in [4.69, 9.17) is 5.84 Å². The van der Waals surface area contributed by atoms with Crippen molar-refractivity contribution in [3.05, 3.63) is 0 Å². The largest absolute Gasteiger partial charge is 0.271 e. The van der Waals surface area contributed by atoms with Crippen molar-refractivity contribution in [3.63, 3.8) is 0 Å². The third kappa shape index (κ3) is 1.39. The molecule has 0 spiro atoms. The average molecular weight is 220 g/mol. The van der Waals surface area contributed by atoms with Gasteiger partial charge in [0.05, 0.1) is 0 Å². The maximum Gasteiger partial charge on any atom is 0.0244 e. The molecule has 5 unspecified atom stereocenters. The van der Waals surface area contributed by atoms with E-state index in [0.29, 0.717) is 6.04 Å². The fourth-order valence-corrected chi connectivity index (χ4v) is 5.14. The van der Waals surface area contributed by atoms with Crippen molar-refractivity contribution in [2.45, 2.75) is 51.0 Å². The van der Waals surface area contributed by atoms with Crippen LogP contribution in [0.15, 0.2) is 0 Å². The molecule has 0 aromatic carbocycles. The fraction of sp³-hybridized carbons (Fsp3) is 1.00. The molecule has 16 heavy (non-hydrogen) atoms. The van der Waals surface area contributed by atoms with Crippen molar-refractivity contribution in [2.75, 3.05) is 0 Å². The van der Waals surface area contributed by atoms with Crippen LogP contribution >= 0.6 is 0 Å². The van der Waals surface area contributed by atoms with Crippen LogP contribution in [0.5, 0.6) is 0 Å². The highest BCUT2D eigenvalue weighted by Gasteiger charge is 2.66. The summed E-state index contributed by atoms with van der Waals surface area (Å²) in [7, 11) is 0. The number of fused-ring (bicyclic) bond motifs is 5. The first kappa shape index (κ1) is 9.90. The lowest BCUT2D eigenvalue weighted by Gasteiger charge is -2.19. The average Bonchev–Trinajstić information content (AvgIpc) is 3.20. The second kappa shape index (κ2) is 3.46. The van der Waals surface area contributed by atoms with Crippen LogP contribution < -0.4 is 11.3 Å². The molecule has 4 saturated carbocycles. The lowest BCUT2D eigenvalue weighted by atomic mass is 9.94. The molecule has 4 rings (SSSR count). The Bertz CT molecular complexity index is 270. The van der Waals surface area contributed by atoms with Gasteiger partial charge in [-0.1, -0.05) is 12.8 Å². The van der Waals surface area contributed by atoms with Crippen molar-refractivity contribution < 1.29 is 0 Å². The molecule has 2 heteroatoms. The van der Waals surface area contributed by atoms with Crippen molar-refractivity contribution in [1.29, 1.82) is 0 Å². The molecule has 0 amide bonds. The van der Waals surface area contributed by atoms with Gasteiger partial charge in [0.1, 0.15) is 0 Å². The molecule has 2 nitrogen and oxygen atoms in total. The Kier molecular flexibility index (Phi) is 2.14. The van der Waals surface area contributed by atoms with Crippen LogP contribution in [0.1, 0.15) is 44.9 Å². The molecule has 0 radical (unpaired) electrons. The van der Waals surface area contributed by atoms with Gasteiger partial charge in [0, 0.05) is 6.04 Å². The zero-order valence-electron chi connectivity index (χ0n) is 10.1. The smallest absolute Gasteiger partial charge is 0.0244 e. The van der Waals surface area contributed by atoms with E-state index in [0.717, 1.165) is 35.5 Å². The van der Waals surface area contributed by atoms with Crippen molar-refractivity contribution in [1.82, 2.24) is 5.43 Å². The quantitative estimate of drug-likeness (QED) is 0.551. The lowest BCUT2D eigenvalue weighted by molar-refractivity contribution is 0.342. The van der Waals surface area contributed by atoms with E-state index in [2.05, 4.69) is 5.43 Å². The van der Waals surface area contributed by atoms with Gasteiger partial charge >= 0.3 is 0 Å². The van der Waals surface area contributed by atoms with Gasteiger partial charge in [0.15, 0.2) is 0 Å². The summed E-state index contributed by atoms with van der Waals surface area (Å²) in [5.74, 6) is 12.2. The Morgan fingerprint density at radius 1 is 1.06 bits per heavy atom. The first-order valence-electron chi connectivity index (χ1n) is 7.34. The summed E-state index contributed by atoms with van der Waals surface area (Å²) in [5.41, 5.74) is 3.14. The first-order chi connectivity index (χ1) is 7.88. The van der Waals surface area contributed by atoms with Crippen molar-refractivity contribution >= 4 is 0 Å². The first-order valence-corrected chi connectivity index (χ1v) is 7.34. The molecule has 0 heterocycles. The van der Waals surface area contributed by atoms with E-state index in [1.165, 1.54) is 38.5 Å². The predicted molar refractivity (Wildman–Crippen MR) is 64.4 cm³/mol. The minimum Gasteiger partial charge on any atom is -0.271 e. The van der Waals surface area contributed by atoms with Crippen molar-refractivity contribution in [3.8, 4) is 0 Å². The highest BCUT2D eigenvalue weighted by Crippen LogP contribution is 2.70. The van der Waals surface area contributed by atoms with Gasteiger partial charge in [0.25, 0.3) is 0 Å². The van der Waals surface area contributed by atoms with Crippen LogP contribution in [-0.2, 0) is 0 Å². The zero-order valence-corrected chi connectivity index (χ0v) is 10.1. The Balaban J connectivity index is 1.38. The van der Waals surface area contributed by atoms with Gasteiger partial charge in [-0.15, -0.1) is 0 Å². The molecular formula is C14H24N2. The lowest BCUT2D eigenvalue weighted by Crippen LogP contribution is -2.38. The molecule has 4 aliphatic carbocycles. The predicted octanol–water partition coefficient (Wildman–Crippen LogP) is 2.30. The maximum absolute atomic E-state index is 5.78. The number of hydrogen-bond acceptors (Lipinski definition) is 2. The number of nitrogens with one attached hydrogen (secondary N) is 1. The molecule has 0 aromatic heterocycles. The Morgan fingerprint density at radius 3 is 2.31 bits per heavy atom. The fourth-order valence-electron chi connectivity index (χ4n) is 5.14. The third-order valence-corrected chi connectivity index (χ3v) is 6.06. The molecule has 3 N–H and O–H groups in total. The normalized spacial score (nSPS) is 50.4. The van der Waals surface area contributed by atoms with E-state index in [1.807, 2.05) is 0 Å². The summed E-state index contributed by atoms with van der Waals surface area (Å²) in [6.07, 6.45) is 10.4. The molecule has 0 aliphatic heterocycles. The number of rotatable bonds is 5. The third-order valence-electron chi connectivity index (χ3n) is 6.06. The number of hydrogen-bond donors (Lipinski definition) is 2. The van der Waals surface area contributed by atoms with E-state index >= 15 is 0 Å². The summed E-state index contributed by atoms with van der Waals surface area (Å²) >= 11 is 0. The minimum atomic E-state index is 0.652. The molecule has 4 aliphatic rings. The van der Waals surface area contributed by atoms with Crippen LogP contribution in [0.25, 0.3) is 0 Å². The Morgan fingerprint density at radius 2 is 1.75 bits per heavy atom. The second-order valence-electron chi connectivity index (χ2n) is 6.86. The molecule has 90 valence electrons. The summed E-state index contributed by atoms with van der Waals surface area (Å²) in [6, 6.07) is 0.652. The Labute approximate surface area is 98.3 Å². The molecular weight excluding hydrogens is 196 g/mol. The topological polar surface area (TPSA) is 38.0 Å². The monoisotopic (exact) mass is 220 g/mol. The second-order valence-corrected chi connectivity index (χ2v) is 6.86. The van der Waals surface area contributed by atoms with E-state index in [1.54, 1.807) is 6.42 Å². The summed E-state index contributed by atoms with van der Waals surface area (Å²) in [5, 5.41) is 0. The van der Waals surface area contributed by atoms with E-state index in [-0.39, 0.29) is 0 Å². The zero-order chi connectivity index (χ0) is 10.7. The van der Waals surface area contributed by atoms with Crippen LogP contribution in [0, 0.1) is 35.5 Å². The van der Waals surface area contributed by atoms with Gasteiger partial charge in [-0.05, 0) is 67.6 Å². The molecule has 2 bridgehead atoms. The van der Waals surface area contributed by atoms with Gasteiger partial charge in [-0.25, -0.2) is 0 Å². The summed E-state index contributed by atoms with van der Waals surface area (Å²) in [6.45, 7) is 0. The Hall–Kier alpha value is -0.0800. The maximum atomic E-state index is 5.78. The number of nitrogens with two attached hydrogens (primary N) is 1. The van der Waals surface area contributed by atoms with Crippen molar-refractivity contribution in [2.24, 2.45) is 41.4 Å². The van der Waals surface area contributed by atoms with Gasteiger partial charge in [0.2, 0.25) is 0 Å². The molecule has 4 fully saturated rings. The van der Waals surface area contributed by atoms with E-state index < -0.39 is 0 Å². The van der Waals surface area contributed by atoms with Gasteiger partial charge in [-0.3, -0.25) is 11.3 Å². The van der Waals surface area contributed by atoms with E-state index in [9.17, 15) is 0 Å². The van der Waals surface area contributed by atoms with Gasteiger partial charge in [-0.2, -0.15) is 0 Å².